The van der Waals surface area contributed by atoms with Crippen LogP contribution < -0.4 is 14.8 Å². The Hall–Kier alpha value is -3.10. The van der Waals surface area contributed by atoms with Crippen LogP contribution in [0.15, 0.2) is 42.5 Å². The summed E-state index contributed by atoms with van der Waals surface area (Å²) in [4.78, 5) is 30.4. The second-order valence-corrected chi connectivity index (χ2v) is 9.49. The lowest BCUT2D eigenvalue weighted by Crippen LogP contribution is -2.46. The maximum absolute atomic E-state index is 13.5. The summed E-state index contributed by atoms with van der Waals surface area (Å²) in [7, 11) is 5.02. The Kier molecular flexibility index (Phi) is 9.73. The minimum Gasteiger partial charge on any atom is -0.497 e. The van der Waals surface area contributed by atoms with Gasteiger partial charge in [-0.25, -0.2) is 0 Å². The normalized spacial score (nSPS) is 21.6. The molecule has 1 aliphatic heterocycles. The van der Waals surface area contributed by atoms with Crippen molar-refractivity contribution in [3.05, 3.63) is 53.6 Å². The molecule has 196 valence electrons. The number of amides is 2. The first kappa shape index (κ1) is 27.5. The van der Waals surface area contributed by atoms with E-state index in [1.165, 1.54) is 0 Å². The molecule has 0 saturated heterocycles. The molecule has 3 rings (SSSR count). The standard InChI is InChI=1S/C28H39N3O5/c1-7-13-31-16-19(2)26(35-6)17-30(4)28(33)24-15-22(11-12-25(24)36-18-20(31)3)29-27(32)21-9-8-10-23(14-21)34-5/h8-12,14-15,19-20,26H,7,13,16-18H2,1-6H3,(H,29,32)/t19-,20-,26+/m0/s1. The Labute approximate surface area is 214 Å². The molecular formula is C28H39N3O5. The summed E-state index contributed by atoms with van der Waals surface area (Å²) < 4.78 is 17.2. The molecule has 0 aromatic heterocycles. The van der Waals surface area contributed by atoms with E-state index >= 15 is 0 Å². The smallest absolute Gasteiger partial charge is 0.257 e. The van der Waals surface area contributed by atoms with Crippen molar-refractivity contribution in [2.75, 3.05) is 52.8 Å². The predicted octanol–water partition coefficient (Wildman–Crippen LogP) is 4.16. The van der Waals surface area contributed by atoms with Gasteiger partial charge >= 0.3 is 0 Å². The maximum atomic E-state index is 13.5. The first-order valence-electron chi connectivity index (χ1n) is 12.5. The van der Waals surface area contributed by atoms with Crippen molar-refractivity contribution in [3.8, 4) is 11.5 Å². The molecule has 0 radical (unpaired) electrons. The third-order valence-corrected chi connectivity index (χ3v) is 6.67. The van der Waals surface area contributed by atoms with E-state index in [1.54, 1.807) is 68.6 Å². The Balaban J connectivity index is 1.91. The second kappa shape index (κ2) is 12.7. The van der Waals surface area contributed by atoms with Crippen LogP contribution in [0.5, 0.6) is 11.5 Å². The highest BCUT2D eigenvalue weighted by molar-refractivity contribution is 6.05. The number of benzene rings is 2. The van der Waals surface area contributed by atoms with Crippen molar-refractivity contribution in [1.29, 1.82) is 0 Å². The van der Waals surface area contributed by atoms with Gasteiger partial charge in [0.05, 0.1) is 18.8 Å². The van der Waals surface area contributed by atoms with Crippen molar-refractivity contribution < 1.29 is 23.8 Å². The zero-order valence-corrected chi connectivity index (χ0v) is 22.2. The van der Waals surface area contributed by atoms with Crippen LogP contribution in [0.25, 0.3) is 0 Å². The molecule has 2 amide bonds. The molecule has 0 saturated carbocycles. The minimum atomic E-state index is -0.291. The third-order valence-electron chi connectivity index (χ3n) is 6.67. The zero-order valence-electron chi connectivity index (χ0n) is 22.2. The van der Waals surface area contributed by atoms with Gasteiger partial charge in [-0.3, -0.25) is 14.5 Å². The fourth-order valence-electron chi connectivity index (χ4n) is 4.50. The van der Waals surface area contributed by atoms with Gasteiger partial charge in [0.25, 0.3) is 11.8 Å². The van der Waals surface area contributed by atoms with Crippen LogP contribution >= 0.6 is 0 Å². The number of carbonyl (C=O) groups is 2. The molecular weight excluding hydrogens is 458 g/mol. The third kappa shape index (κ3) is 6.77. The van der Waals surface area contributed by atoms with Crippen LogP contribution in [0.2, 0.25) is 0 Å². The molecule has 0 bridgehead atoms. The van der Waals surface area contributed by atoms with Gasteiger partial charge in [0.1, 0.15) is 18.1 Å². The Bertz CT molecular complexity index is 1040. The maximum Gasteiger partial charge on any atom is 0.257 e. The van der Waals surface area contributed by atoms with E-state index in [2.05, 4.69) is 31.0 Å². The molecule has 0 spiro atoms. The molecule has 2 aromatic rings. The molecule has 0 unspecified atom stereocenters. The zero-order chi connectivity index (χ0) is 26.2. The van der Waals surface area contributed by atoms with Gasteiger partial charge in [0.15, 0.2) is 0 Å². The van der Waals surface area contributed by atoms with E-state index in [-0.39, 0.29) is 29.9 Å². The fraction of sp³-hybridized carbons (Fsp3) is 0.500. The summed E-state index contributed by atoms with van der Waals surface area (Å²) >= 11 is 0. The summed E-state index contributed by atoms with van der Waals surface area (Å²) in [6.07, 6.45) is 0.935. The van der Waals surface area contributed by atoms with E-state index in [0.29, 0.717) is 41.5 Å². The molecule has 2 aromatic carbocycles. The molecule has 8 nitrogen and oxygen atoms in total. The summed E-state index contributed by atoms with van der Waals surface area (Å²) in [5.74, 6) is 0.846. The van der Waals surface area contributed by atoms with Crippen LogP contribution in [0.1, 0.15) is 47.9 Å². The van der Waals surface area contributed by atoms with E-state index in [1.807, 2.05) is 0 Å². The van der Waals surface area contributed by atoms with Crippen molar-refractivity contribution in [3.63, 3.8) is 0 Å². The molecule has 8 heteroatoms. The lowest BCUT2D eigenvalue weighted by Gasteiger charge is -2.35. The van der Waals surface area contributed by atoms with Crippen molar-refractivity contribution in [2.24, 2.45) is 5.92 Å². The van der Waals surface area contributed by atoms with E-state index in [4.69, 9.17) is 14.2 Å². The van der Waals surface area contributed by atoms with Gasteiger partial charge < -0.3 is 24.4 Å². The van der Waals surface area contributed by atoms with Crippen LogP contribution in [-0.2, 0) is 4.74 Å². The van der Waals surface area contributed by atoms with E-state index < -0.39 is 0 Å². The Morgan fingerprint density at radius 2 is 1.92 bits per heavy atom. The lowest BCUT2D eigenvalue weighted by atomic mass is 10.0. The molecule has 3 atom stereocenters. The van der Waals surface area contributed by atoms with Gasteiger partial charge in [0.2, 0.25) is 0 Å². The molecule has 1 N–H and O–H groups in total. The number of ether oxygens (including phenoxy) is 3. The summed E-state index contributed by atoms with van der Waals surface area (Å²) in [6, 6.07) is 12.3. The summed E-state index contributed by atoms with van der Waals surface area (Å²) in [5.41, 5.74) is 1.37. The molecule has 1 aliphatic rings. The number of nitrogens with zero attached hydrogens (tertiary/aromatic N) is 2. The van der Waals surface area contributed by atoms with Crippen LogP contribution in [-0.4, -0.2) is 81.3 Å². The highest BCUT2D eigenvalue weighted by Crippen LogP contribution is 2.27. The number of hydrogen-bond donors (Lipinski definition) is 1. The van der Waals surface area contributed by atoms with Gasteiger partial charge in [-0.05, 0) is 62.2 Å². The number of hydrogen-bond acceptors (Lipinski definition) is 6. The highest BCUT2D eigenvalue weighted by atomic mass is 16.5. The van der Waals surface area contributed by atoms with Gasteiger partial charge in [-0.2, -0.15) is 0 Å². The van der Waals surface area contributed by atoms with Crippen molar-refractivity contribution >= 4 is 17.5 Å². The van der Waals surface area contributed by atoms with Gasteiger partial charge in [-0.1, -0.05) is 19.9 Å². The van der Waals surface area contributed by atoms with Crippen molar-refractivity contribution in [2.45, 2.75) is 39.3 Å². The van der Waals surface area contributed by atoms with Crippen LogP contribution in [0.4, 0.5) is 5.69 Å². The van der Waals surface area contributed by atoms with Gasteiger partial charge in [0, 0.05) is 44.5 Å². The number of methoxy groups -OCH3 is 2. The Morgan fingerprint density at radius 1 is 1.14 bits per heavy atom. The number of nitrogens with one attached hydrogen (secondary N) is 1. The van der Waals surface area contributed by atoms with E-state index in [0.717, 1.165) is 19.5 Å². The van der Waals surface area contributed by atoms with Crippen LogP contribution in [0.3, 0.4) is 0 Å². The molecule has 36 heavy (non-hydrogen) atoms. The molecule has 0 fully saturated rings. The van der Waals surface area contributed by atoms with Crippen LogP contribution in [0, 0.1) is 5.92 Å². The lowest BCUT2D eigenvalue weighted by molar-refractivity contribution is 0.0108. The van der Waals surface area contributed by atoms with E-state index in [9.17, 15) is 9.59 Å². The number of fused-ring (bicyclic) bond motifs is 1. The topological polar surface area (TPSA) is 80.3 Å². The quantitative estimate of drug-likeness (QED) is 0.646. The molecule has 1 heterocycles. The first-order valence-corrected chi connectivity index (χ1v) is 12.5. The number of likely N-dealkylation sites (N-methyl/N-ethyl adjacent to an activating group) is 1. The largest absolute Gasteiger partial charge is 0.497 e. The van der Waals surface area contributed by atoms with Crippen molar-refractivity contribution in [1.82, 2.24) is 9.80 Å². The average molecular weight is 498 g/mol. The number of rotatable bonds is 6. The molecule has 0 aliphatic carbocycles. The average Bonchev–Trinajstić information content (AvgIpc) is 2.89. The highest BCUT2D eigenvalue weighted by Gasteiger charge is 2.28. The predicted molar refractivity (Wildman–Crippen MR) is 141 cm³/mol. The summed E-state index contributed by atoms with van der Waals surface area (Å²) in [5, 5.41) is 2.89. The van der Waals surface area contributed by atoms with Gasteiger partial charge in [-0.15, -0.1) is 0 Å². The summed E-state index contributed by atoms with van der Waals surface area (Å²) in [6.45, 7) is 9.20. The SMILES string of the molecule is CCCN1C[C@H](C)[C@H](OC)CN(C)C(=O)c2cc(NC(=O)c3cccc(OC)c3)ccc2OC[C@@H]1C. The Morgan fingerprint density at radius 3 is 2.61 bits per heavy atom. The first-order chi connectivity index (χ1) is 17.3. The monoisotopic (exact) mass is 497 g/mol. The fourth-order valence-corrected chi connectivity index (χ4v) is 4.50. The minimum absolute atomic E-state index is 0.106. The number of anilines is 1. The second-order valence-electron chi connectivity index (χ2n) is 9.49. The number of carbonyl (C=O) groups excluding carboxylic acids is 2.